The van der Waals surface area contributed by atoms with Crippen molar-refractivity contribution >= 4 is 0 Å². The van der Waals surface area contributed by atoms with Crippen LogP contribution in [-0.2, 0) is 19.6 Å². The van der Waals surface area contributed by atoms with Crippen molar-refractivity contribution in [2.24, 2.45) is 0 Å². The van der Waals surface area contributed by atoms with Gasteiger partial charge in [0.1, 0.15) is 0 Å². The first-order chi connectivity index (χ1) is 8.58. The van der Waals surface area contributed by atoms with Crippen molar-refractivity contribution in [3.8, 4) is 0 Å². The molecule has 1 aromatic heterocycles. The number of aliphatic hydroxyl groups is 1. The molecule has 0 spiro atoms. The Morgan fingerprint density at radius 2 is 2.17 bits per heavy atom. The van der Waals surface area contributed by atoms with E-state index in [1.807, 2.05) is 24.5 Å². The number of hydrogen-bond acceptors (Lipinski definition) is 3. The lowest BCUT2D eigenvalue weighted by Crippen LogP contribution is -2.37. The molecule has 1 aliphatic rings. The third kappa shape index (κ3) is 2.22. The van der Waals surface area contributed by atoms with Gasteiger partial charge < -0.3 is 9.67 Å². The summed E-state index contributed by atoms with van der Waals surface area (Å²) in [4.78, 5) is 14.6. The number of aromatic nitrogens is 1. The van der Waals surface area contributed by atoms with Crippen molar-refractivity contribution in [3.05, 3.63) is 33.2 Å². The Hall–Kier alpha value is -1.13. The first kappa shape index (κ1) is 13.3. The highest BCUT2D eigenvalue weighted by atomic mass is 16.3. The van der Waals surface area contributed by atoms with Crippen molar-refractivity contribution in [3.63, 3.8) is 0 Å². The van der Waals surface area contributed by atoms with E-state index >= 15 is 0 Å². The Bertz CT molecular complexity index is 491. The summed E-state index contributed by atoms with van der Waals surface area (Å²) in [6.45, 7) is 8.93. The number of nitrogens with zero attached hydrogens (tertiary/aromatic N) is 2. The van der Waals surface area contributed by atoms with Gasteiger partial charge in [-0.1, -0.05) is 6.92 Å². The SMILES string of the molecule is CCN1CCc2c(cc(CO)c(=O)n2C(C)C)C1. The monoisotopic (exact) mass is 250 g/mol. The van der Waals surface area contributed by atoms with Gasteiger partial charge >= 0.3 is 0 Å². The van der Waals surface area contributed by atoms with Crippen molar-refractivity contribution < 1.29 is 5.11 Å². The Balaban J connectivity index is 2.57. The zero-order valence-corrected chi connectivity index (χ0v) is 11.4. The largest absolute Gasteiger partial charge is 0.391 e. The maximum absolute atomic E-state index is 12.3. The average Bonchev–Trinajstić information content (AvgIpc) is 2.36. The molecule has 1 aromatic rings. The van der Waals surface area contributed by atoms with E-state index in [9.17, 15) is 9.90 Å². The maximum Gasteiger partial charge on any atom is 0.256 e. The van der Waals surface area contributed by atoms with Crippen LogP contribution in [0.1, 0.15) is 43.6 Å². The summed E-state index contributed by atoms with van der Waals surface area (Å²) in [6.07, 6.45) is 0.919. The third-order valence-corrected chi connectivity index (χ3v) is 3.70. The topological polar surface area (TPSA) is 45.5 Å². The van der Waals surface area contributed by atoms with Crippen LogP contribution in [0.15, 0.2) is 10.9 Å². The van der Waals surface area contributed by atoms with Crippen LogP contribution in [0.2, 0.25) is 0 Å². The number of likely N-dealkylation sites (N-methyl/N-ethyl adjacent to an activating group) is 1. The molecule has 0 aromatic carbocycles. The quantitative estimate of drug-likeness (QED) is 0.879. The van der Waals surface area contributed by atoms with E-state index in [1.54, 1.807) is 0 Å². The molecule has 0 bridgehead atoms. The standard InChI is InChI=1S/C14H22N2O2/c1-4-15-6-5-13-11(8-15)7-12(9-17)14(18)16(13)10(2)3/h7,10,17H,4-6,8-9H2,1-3H3. The summed E-state index contributed by atoms with van der Waals surface area (Å²) >= 11 is 0. The normalized spacial score (nSPS) is 16.1. The van der Waals surface area contributed by atoms with Crippen LogP contribution < -0.4 is 5.56 Å². The second-order valence-electron chi connectivity index (χ2n) is 5.19. The van der Waals surface area contributed by atoms with Crippen molar-refractivity contribution in [2.75, 3.05) is 13.1 Å². The zero-order valence-electron chi connectivity index (χ0n) is 11.4. The van der Waals surface area contributed by atoms with Gasteiger partial charge in [0.2, 0.25) is 0 Å². The molecule has 2 heterocycles. The molecule has 0 saturated carbocycles. The molecule has 100 valence electrons. The molecular weight excluding hydrogens is 228 g/mol. The van der Waals surface area contributed by atoms with E-state index in [2.05, 4.69) is 11.8 Å². The van der Waals surface area contributed by atoms with Crippen LogP contribution in [0, 0.1) is 0 Å². The molecule has 18 heavy (non-hydrogen) atoms. The van der Waals surface area contributed by atoms with Crippen LogP contribution in [0.25, 0.3) is 0 Å². The summed E-state index contributed by atoms with van der Waals surface area (Å²) in [7, 11) is 0. The second kappa shape index (κ2) is 5.24. The van der Waals surface area contributed by atoms with Crippen LogP contribution >= 0.6 is 0 Å². The van der Waals surface area contributed by atoms with E-state index in [4.69, 9.17) is 0 Å². The molecule has 4 nitrogen and oxygen atoms in total. The highest BCUT2D eigenvalue weighted by molar-refractivity contribution is 5.29. The van der Waals surface area contributed by atoms with Crippen LogP contribution in [0.4, 0.5) is 0 Å². The fourth-order valence-electron chi connectivity index (χ4n) is 2.72. The average molecular weight is 250 g/mol. The van der Waals surface area contributed by atoms with E-state index in [0.717, 1.165) is 31.7 Å². The fraction of sp³-hybridized carbons (Fsp3) is 0.643. The first-order valence-corrected chi connectivity index (χ1v) is 6.67. The zero-order chi connectivity index (χ0) is 13.3. The third-order valence-electron chi connectivity index (χ3n) is 3.70. The van der Waals surface area contributed by atoms with E-state index in [-0.39, 0.29) is 18.2 Å². The minimum atomic E-state index is -0.176. The molecule has 0 atom stereocenters. The molecule has 0 saturated heterocycles. The summed E-state index contributed by atoms with van der Waals surface area (Å²) in [5.74, 6) is 0. The number of fused-ring (bicyclic) bond motifs is 1. The molecule has 0 aliphatic carbocycles. The summed E-state index contributed by atoms with van der Waals surface area (Å²) in [5, 5.41) is 9.32. The molecule has 0 fully saturated rings. The highest BCUT2D eigenvalue weighted by Crippen LogP contribution is 2.21. The highest BCUT2D eigenvalue weighted by Gasteiger charge is 2.21. The first-order valence-electron chi connectivity index (χ1n) is 6.67. The maximum atomic E-state index is 12.3. The van der Waals surface area contributed by atoms with Gasteiger partial charge in [0.15, 0.2) is 0 Å². The van der Waals surface area contributed by atoms with E-state index in [0.29, 0.717) is 5.56 Å². The van der Waals surface area contributed by atoms with Crippen molar-refractivity contribution in [2.45, 2.75) is 46.4 Å². The Labute approximate surface area is 108 Å². The summed E-state index contributed by atoms with van der Waals surface area (Å²) in [5.41, 5.74) is 2.83. The van der Waals surface area contributed by atoms with Crippen LogP contribution in [0.5, 0.6) is 0 Å². The van der Waals surface area contributed by atoms with Gasteiger partial charge in [-0.25, -0.2) is 0 Å². The second-order valence-corrected chi connectivity index (χ2v) is 5.19. The number of rotatable bonds is 3. The van der Waals surface area contributed by atoms with Gasteiger partial charge in [-0.05, 0) is 32.0 Å². The van der Waals surface area contributed by atoms with Gasteiger partial charge in [0.05, 0.1) is 6.61 Å². The number of pyridine rings is 1. The fourth-order valence-corrected chi connectivity index (χ4v) is 2.72. The molecule has 2 rings (SSSR count). The number of hydrogen-bond donors (Lipinski definition) is 1. The van der Waals surface area contributed by atoms with Crippen LogP contribution in [0.3, 0.4) is 0 Å². The molecular formula is C14H22N2O2. The lowest BCUT2D eigenvalue weighted by molar-refractivity contribution is 0.255. The lowest BCUT2D eigenvalue weighted by Gasteiger charge is -2.31. The molecule has 0 unspecified atom stereocenters. The Morgan fingerprint density at radius 1 is 1.44 bits per heavy atom. The minimum Gasteiger partial charge on any atom is -0.391 e. The van der Waals surface area contributed by atoms with Crippen molar-refractivity contribution in [1.29, 1.82) is 0 Å². The Kier molecular flexibility index (Phi) is 3.88. The molecule has 0 radical (unpaired) electrons. The predicted octanol–water partition coefficient (Wildman–Crippen LogP) is 1.30. The van der Waals surface area contributed by atoms with Gasteiger partial charge in [-0.15, -0.1) is 0 Å². The predicted molar refractivity (Wildman–Crippen MR) is 71.7 cm³/mol. The van der Waals surface area contributed by atoms with E-state index in [1.165, 1.54) is 5.56 Å². The minimum absolute atomic E-state index is 0.0313. The molecule has 0 amide bonds. The summed E-state index contributed by atoms with van der Waals surface area (Å²) < 4.78 is 1.86. The number of aliphatic hydroxyl groups excluding tert-OH is 1. The lowest BCUT2D eigenvalue weighted by atomic mass is 10.0. The van der Waals surface area contributed by atoms with Gasteiger partial charge in [0, 0.05) is 36.8 Å². The van der Waals surface area contributed by atoms with Gasteiger partial charge in [0.25, 0.3) is 5.56 Å². The summed E-state index contributed by atoms with van der Waals surface area (Å²) in [6, 6.07) is 2.03. The van der Waals surface area contributed by atoms with Crippen LogP contribution in [-0.4, -0.2) is 27.7 Å². The van der Waals surface area contributed by atoms with Crippen molar-refractivity contribution in [1.82, 2.24) is 9.47 Å². The molecule has 4 heteroatoms. The smallest absolute Gasteiger partial charge is 0.256 e. The van der Waals surface area contributed by atoms with Gasteiger partial charge in [-0.2, -0.15) is 0 Å². The van der Waals surface area contributed by atoms with Gasteiger partial charge in [-0.3, -0.25) is 9.69 Å². The Morgan fingerprint density at radius 3 is 2.72 bits per heavy atom. The molecule has 1 N–H and O–H groups in total. The van der Waals surface area contributed by atoms with E-state index < -0.39 is 0 Å². The molecule has 1 aliphatic heterocycles.